The van der Waals surface area contributed by atoms with Crippen LogP contribution >= 0.6 is 0 Å². The van der Waals surface area contributed by atoms with Gasteiger partial charge in [-0.2, -0.15) is 0 Å². The number of nitrogens with zero attached hydrogens (tertiary/aromatic N) is 1. The summed E-state index contributed by atoms with van der Waals surface area (Å²) in [6.07, 6.45) is 0.594. The summed E-state index contributed by atoms with van der Waals surface area (Å²) >= 11 is 0. The standard InChI is InChI=1S/C29H32N2O9/c1-15-9-22(33)25(35)26(40-15)18(16-5-6-21(32)23(10-16)36-3)11-24(34)30-12-19-17-7-8-31(2)13-20(17)27(37-4)29-28(19)38-14-39-29/h5-6,9-10,18,32,35H,7-8,11-14H2,1-4H3,(H,30,34). The molecule has 11 nitrogen and oxygen atoms in total. The van der Waals surface area contributed by atoms with Gasteiger partial charge in [0.2, 0.25) is 29.6 Å². The summed E-state index contributed by atoms with van der Waals surface area (Å²) in [7, 11) is 5.04. The zero-order valence-corrected chi connectivity index (χ0v) is 22.8. The molecular formula is C29H32N2O9. The number of carbonyl (C=O) groups is 1. The molecule has 1 unspecified atom stereocenters. The predicted octanol–water partition coefficient (Wildman–Crippen LogP) is 2.93. The summed E-state index contributed by atoms with van der Waals surface area (Å²) in [5.41, 5.74) is 2.79. The van der Waals surface area contributed by atoms with Crippen LogP contribution in [0.2, 0.25) is 0 Å². The molecule has 1 aromatic heterocycles. The topological polar surface area (TPSA) is 140 Å². The number of methoxy groups -OCH3 is 2. The fraction of sp³-hybridized carbons (Fsp3) is 0.379. The van der Waals surface area contributed by atoms with Crippen LogP contribution in [0.25, 0.3) is 0 Å². The van der Waals surface area contributed by atoms with E-state index in [1.165, 1.54) is 19.2 Å². The number of hydrogen-bond donors (Lipinski definition) is 3. The number of aryl methyl sites for hydroxylation is 1. The number of benzene rings is 2. The highest BCUT2D eigenvalue weighted by molar-refractivity contribution is 5.78. The Morgan fingerprint density at radius 1 is 1.12 bits per heavy atom. The number of fused-ring (bicyclic) bond motifs is 2. The van der Waals surface area contributed by atoms with E-state index in [0.717, 1.165) is 29.7 Å². The van der Waals surface area contributed by atoms with Gasteiger partial charge in [0, 0.05) is 43.2 Å². The maximum atomic E-state index is 13.4. The summed E-state index contributed by atoms with van der Waals surface area (Å²) in [5.74, 6) is 0.297. The minimum atomic E-state index is -0.842. The number of aromatic hydroxyl groups is 2. The maximum Gasteiger partial charge on any atom is 0.231 e. The van der Waals surface area contributed by atoms with Crippen LogP contribution in [0.5, 0.6) is 34.5 Å². The molecule has 2 aliphatic heterocycles. The Hall–Kier alpha value is -4.38. The highest BCUT2D eigenvalue weighted by Crippen LogP contribution is 2.49. The second-order valence-corrected chi connectivity index (χ2v) is 9.92. The molecule has 0 spiro atoms. The van der Waals surface area contributed by atoms with Gasteiger partial charge in [-0.3, -0.25) is 9.59 Å². The smallest absolute Gasteiger partial charge is 0.231 e. The lowest BCUT2D eigenvalue weighted by Gasteiger charge is -2.29. The number of nitrogens with one attached hydrogen (secondary N) is 1. The first kappa shape index (κ1) is 27.2. The van der Waals surface area contributed by atoms with Gasteiger partial charge < -0.3 is 43.8 Å². The molecule has 0 radical (unpaired) electrons. The largest absolute Gasteiger partial charge is 0.504 e. The number of hydrogen-bond acceptors (Lipinski definition) is 10. The van der Waals surface area contributed by atoms with Crippen molar-refractivity contribution in [1.29, 1.82) is 0 Å². The van der Waals surface area contributed by atoms with E-state index in [2.05, 4.69) is 10.2 Å². The molecule has 1 amide bonds. The minimum Gasteiger partial charge on any atom is -0.504 e. The number of carbonyl (C=O) groups excluding carboxylic acids is 1. The molecule has 5 rings (SSSR count). The molecule has 3 heterocycles. The average molecular weight is 553 g/mol. The lowest BCUT2D eigenvalue weighted by molar-refractivity contribution is -0.121. The number of amides is 1. The first-order valence-electron chi connectivity index (χ1n) is 12.9. The van der Waals surface area contributed by atoms with Crippen molar-refractivity contribution in [2.75, 3.05) is 34.6 Å². The van der Waals surface area contributed by atoms with E-state index < -0.39 is 17.1 Å². The molecule has 40 heavy (non-hydrogen) atoms. The van der Waals surface area contributed by atoms with E-state index in [0.29, 0.717) is 29.4 Å². The molecule has 1 atom stereocenters. The van der Waals surface area contributed by atoms with E-state index in [1.807, 2.05) is 7.05 Å². The van der Waals surface area contributed by atoms with Gasteiger partial charge in [0.1, 0.15) is 5.76 Å². The molecule has 3 N–H and O–H groups in total. The van der Waals surface area contributed by atoms with Crippen LogP contribution in [-0.2, 0) is 24.3 Å². The summed E-state index contributed by atoms with van der Waals surface area (Å²) in [4.78, 5) is 28.0. The third kappa shape index (κ3) is 5.00. The Balaban J connectivity index is 1.47. The average Bonchev–Trinajstić information content (AvgIpc) is 3.41. The monoisotopic (exact) mass is 552 g/mol. The summed E-state index contributed by atoms with van der Waals surface area (Å²) in [6, 6.07) is 5.74. The number of rotatable bonds is 8. The zero-order chi connectivity index (χ0) is 28.6. The van der Waals surface area contributed by atoms with Crippen molar-refractivity contribution in [1.82, 2.24) is 10.2 Å². The van der Waals surface area contributed by atoms with Crippen molar-refractivity contribution in [2.45, 2.75) is 38.8 Å². The highest BCUT2D eigenvalue weighted by Gasteiger charge is 2.33. The maximum absolute atomic E-state index is 13.4. The van der Waals surface area contributed by atoms with E-state index in [4.69, 9.17) is 23.4 Å². The number of likely N-dealkylation sites (N-methyl/N-ethyl adjacent to an activating group) is 1. The molecule has 11 heteroatoms. The van der Waals surface area contributed by atoms with Crippen molar-refractivity contribution in [2.24, 2.45) is 0 Å². The van der Waals surface area contributed by atoms with Gasteiger partial charge in [0.25, 0.3) is 0 Å². The third-order valence-corrected chi connectivity index (χ3v) is 7.32. The van der Waals surface area contributed by atoms with Gasteiger partial charge in [-0.15, -0.1) is 0 Å². The van der Waals surface area contributed by atoms with Crippen molar-refractivity contribution >= 4 is 5.91 Å². The molecule has 2 aliphatic rings. The lowest BCUT2D eigenvalue weighted by Crippen LogP contribution is -2.30. The Morgan fingerprint density at radius 2 is 1.90 bits per heavy atom. The van der Waals surface area contributed by atoms with Gasteiger partial charge in [-0.05, 0) is 43.7 Å². The van der Waals surface area contributed by atoms with Crippen molar-refractivity contribution in [3.05, 3.63) is 68.3 Å². The summed E-state index contributed by atoms with van der Waals surface area (Å²) < 4.78 is 28.2. The van der Waals surface area contributed by atoms with Crippen LogP contribution in [0.15, 0.2) is 33.5 Å². The molecule has 2 aromatic carbocycles. The van der Waals surface area contributed by atoms with E-state index in [1.54, 1.807) is 26.2 Å². The molecule has 0 saturated heterocycles. The van der Waals surface area contributed by atoms with Crippen LogP contribution in [0.3, 0.4) is 0 Å². The predicted molar refractivity (Wildman–Crippen MR) is 144 cm³/mol. The SMILES string of the molecule is COc1cc(C(CC(=O)NCc2c3c(c(OC)c4c2OCO4)CN(C)CC3)c2oc(C)cc(=O)c2O)ccc1O. The number of ether oxygens (including phenoxy) is 4. The molecular weight excluding hydrogens is 520 g/mol. The van der Waals surface area contributed by atoms with Crippen LogP contribution in [0.1, 0.15) is 46.1 Å². The van der Waals surface area contributed by atoms with Crippen LogP contribution in [0.4, 0.5) is 0 Å². The minimum absolute atomic E-state index is 0.0459. The molecule has 0 saturated carbocycles. The first-order chi connectivity index (χ1) is 19.2. The van der Waals surface area contributed by atoms with E-state index >= 15 is 0 Å². The van der Waals surface area contributed by atoms with Gasteiger partial charge >= 0.3 is 0 Å². The van der Waals surface area contributed by atoms with Crippen molar-refractivity contribution in [3.63, 3.8) is 0 Å². The van der Waals surface area contributed by atoms with E-state index in [9.17, 15) is 19.8 Å². The molecule has 0 aliphatic carbocycles. The fourth-order valence-electron chi connectivity index (χ4n) is 5.37. The number of phenolic OH excluding ortho intramolecular Hbond substituents is 1. The Bertz CT molecular complexity index is 1510. The normalized spacial score (nSPS) is 14.9. The van der Waals surface area contributed by atoms with E-state index in [-0.39, 0.29) is 48.7 Å². The van der Waals surface area contributed by atoms with Gasteiger partial charge in [0.15, 0.2) is 28.8 Å². The number of phenols is 1. The van der Waals surface area contributed by atoms with Gasteiger partial charge in [0.05, 0.1) is 20.1 Å². The lowest BCUT2D eigenvalue weighted by atomic mass is 9.90. The Labute approximate surface area is 230 Å². The Morgan fingerprint density at radius 3 is 2.65 bits per heavy atom. The quantitative estimate of drug-likeness (QED) is 0.382. The summed E-state index contributed by atoms with van der Waals surface area (Å²) in [5, 5.41) is 23.7. The summed E-state index contributed by atoms with van der Waals surface area (Å²) in [6.45, 7) is 3.34. The third-order valence-electron chi connectivity index (χ3n) is 7.32. The van der Waals surface area contributed by atoms with Crippen molar-refractivity contribution in [3.8, 4) is 34.5 Å². The highest BCUT2D eigenvalue weighted by atomic mass is 16.7. The Kier molecular flexibility index (Phi) is 7.49. The van der Waals surface area contributed by atoms with Crippen LogP contribution in [-0.4, -0.2) is 55.6 Å². The van der Waals surface area contributed by atoms with Crippen LogP contribution in [0, 0.1) is 6.92 Å². The van der Waals surface area contributed by atoms with Crippen LogP contribution < -0.4 is 29.7 Å². The molecule has 3 aromatic rings. The zero-order valence-electron chi connectivity index (χ0n) is 22.8. The molecule has 212 valence electrons. The second kappa shape index (κ2) is 11.0. The van der Waals surface area contributed by atoms with Gasteiger partial charge in [-0.1, -0.05) is 6.07 Å². The fourth-order valence-corrected chi connectivity index (χ4v) is 5.37. The first-order valence-corrected chi connectivity index (χ1v) is 12.9. The van der Waals surface area contributed by atoms with Gasteiger partial charge in [-0.25, -0.2) is 0 Å². The van der Waals surface area contributed by atoms with Crippen molar-refractivity contribution < 1.29 is 38.4 Å². The molecule has 0 fully saturated rings. The second-order valence-electron chi connectivity index (χ2n) is 9.92. The molecule has 0 bridgehead atoms.